The topological polar surface area (TPSA) is 113 Å². The Morgan fingerprint density at radius 3 is 2.07 bits per heavy atom. The van der Waals surface area contributed by atoms with Crippen molar-refractivity contribution in [3.05, 3.63) is 35.4 Å². The van der Waals surface area contributed by atoms with Crippen molar-refractivity contribution in [1.82, 2.24) is 0 Å². The fourth-order valence-corrected chi connectivity index (χ4v) is 0.820. The standard InChI is InChI=1S/C8H11N3.C2H4O2/c9-5-6-1-3-7(4-2-6)8(10)11;1-2(3)4/h1-4H,5,9H2,(H3,10,11);1H3,(H,3,4). The van der Waals surface area contributed by atoms with E-state index in [9.17, 15) is 0 Å². The smallest absolute Gasteiger partial charge is 0.300 e. The fraction of sp³-hybridized carbons (Fsp3) is 0.200. The molecule has 5 heteroatoms. The van der Waals surface area contributed by atoms with Crippen LogP contribution in [-0.2, 0) is 11.3 Å². The van der Waals surface area contributed by atoms with Crippen molar-refractivity contribution in [2.24, 2.45) is 11.5 Å². The van der Waals surface area contributed by atoms with Gasteiger partial charge in [-0.3, -0.25) is 10.2 Å². The van der Waals surface area contributed by atoms with E-state index in [0.29, 0.717) is 6.54 Å². The van der Waals surface area contributed by atoms with E-state index in [0.717, 1.165) is 18.1 Å². The minimum atomic E-state index is -0.833. The van der Waals surface area contributed by atoms with E-state index in [1.165, 1.54) is 0 Å². The van der Waals surface area contributed by atoms with Gasteiger partial charge >= 0.3 is 0 Å². The zero-order valence-electron chi connectivity index (χ0n) is 8.53. The molecule has 0 atom stereocenters. The highest BCUT2D eigenvalue weighted by Gasteiger charge is 1.94. The fourth-order valence-electron chi connectivity index (χ4n) is 0.820. The Bertz CT molecular complexity index is 329. The molecule has 0 aliphatic carbocycles. The summed E-state index contributed by atoms with van der Waals surface area (Å²) in [6, 6.07) is 7.34. The zero-order chi connectivity index (χ0) is 11.8. The molecule has 0 radical (unpaired) electrons. The molecule has 0 bridgehead atoms. The lowest BCUT2D eigenvalue weighted by molar-refractivity contribution is -0.134. The maximum absolute atomic E-state index is 9.00. The monoisotopic (exact) mass is 209 g/mol. The van der Waals surface area contributed by atoms with Gasteiger partial charge in [0.2, 0.25) is 0 Å². The highest BCUT2D eigenvalue weighted by Crippen LogP contribution is 2.01. The summed E-state index contributed by atoms with van der Waals surface area (Å²) in [4.78, 5) is 9.00. The van der Waals surface area contributed by atoms with Crippen molar-refractivity contribution in [3.63, 3.8) is 0 Å². The quantitative estimate of drug-likeness (QED) is 0.420. The van der Waals surface area contributed by atoms with Gasteiger partial charge < -0.3 is 16.6 Å². The second-order valence-electron chi connectivity index (χ2n) is 2.83. The SMILES string of the molecule is CC(=O)O.N=C(N)c1ccc(CN)cc1. The zero-order valence-corrected chi connectivity index (χ0v) is 8.53. The third-order valence-electron chi connectivity index (χ3n) is 1.50. The molecule has 0 amide bonds. The number of nitrogens with one attached hydrogen (secondary N) is 1. The van der Waals surface area contributed by atoms with Gasteiger partial charge in [0.15, 0.2) is 0 Å². The summed E-state index contributed by atoms with van der Waals surface area (Å²) in [5.41, 5.74) is 12.4. The van der Waals surface area contributed by atoms with E-state index < -0.39 is 5.97 Å². The molecule has 5 nitrogen and oxygen atoms in total. The predicted octanol–water partition coefficient (Wildman–Crippen LogP) is 0.520. The number of carboxylic acids is 1. The molecule has 82 valence electrons. The van der Waals surface area contributed by atoms with Crippen molar-refractivity contribution >= 4 is 11.8 Å². The number of nitrogen functional groups attached to an aromatic ring is 1. The molecule has 0 saturated carbocycles. The van der Waals surface area contributed by atoms with Crippen LogP contribution in [0.15, 0.2) is 24.3 Å². The van der Waals surface area contributed by atoms with Crippen molar-refractivity contribution in [2.75, 3.05) is 0 Å². The first-order valence-electron chi connectivity index (χ1n) is 4.30. The molecule has 1 aromatic carbocycles. The van der Waals surface area contributed by atoms with Gasteiger partial charge in [-0.2, -0.15) is 0 Å². The number of aliphatic carboxylic acids is 1. The highest BCUT2D eigenvalue weighted by molar-refractivity contribution is 5.94. The van der Waals surface area contributed by atoms with Crippen LogP contribution < -0.4 is 11.5 Å². The summed E-state index contributed by atoms with van der Waals surface area (Å²) in [5, 5.41) is 14.5. The van der Waals surface area contributed by atoms with E-state index in [1.807, 2.05) is 12.1 Å². The second kappa shape index (κ2) is 6.56. The van der Waals surface area contributed by atoms with Crippen LogP contribution in [0.3, 0.4) is 0 Å². The van der Waals surface area contributed by atoms with Gasteiger partial charge in [-0.1, -0.05) is 24.3 Å². The molecule has 0 saturated heterocycles. The van der Waals surface area contributed by atoms with E-state index >= 15 is 0 Å². The number of benzene rings is 1. The summed E-state index contributed by atoms with van der Waals surface area (Å²) in [5.74, 6) is -0.742. The van der Waals surface area contributed by atoms with Crippen LogP contribution in [0.25, 0.3) is 0 Å². The Hall–Kier alpha value is -1.88. The third-order valence-corrected chi connectivity index (χ3v) is 1.50. The van der Waals surface area contributed by atoms with Crippen LogP contribution in [0.5, 0.6) is 0 Å². The van der Waals surface area contributed by atoms with Crippen LogP contribution in [0.1, 0.15) is 18.1 Å². The lowest BCUT2D eigenvalue weighted by atomic mass is 10.1. The lowest BCUT2D eigenvalue weighted by Gasteiger charge is -1.98. The summed E-state index contributed by atoms with van der Waals surface area (Å²) < 4.78 is 0. The number of hydrogen-bond donors (Lipinski definition) is 4. The van der Waals surface area contributed by atoms with Gasteiger partial charge in [0.25, 0.3) is 5.97 Å². The van der Waals surface area contributed by atoms with E-state index in [-0.39, 0.29) is 5.84 Å². The van der Waals surface area contributed by atoms with Crippen molar-refractivity contribution in [1.29, 1.82) is 5.41 Å². The van der Waals surface area contributed by atoms with E-state index in [1.54, 1.807) is 12.1 Å². The van der Waals surface area contributed by atoms with Gasteiger partial charge in [-0.15, -0.1) is 0 Å². The Balaban J connectivity index is 0.000000423. The molecular weight excluding hydrogens is 194 g/mol. The average molecular weight is 209 g/mol. The molecular formula is C10H15N3O2. The first-order valence-corrected chi connectivity index (χ1v) is 4.30. The van der Waals surface area contributed by atoms with Crippen LogP contribution in [0, 0.1) is 5.41 Å². The molecule has 1 rings (SSSR count). The number of carboxylic acid groups (broad SMARTS) is 1. The summed E-state index contributed by atoms with van der Waals surface area (Å²) >= 11 is 0. The summed E-state index contributed by atoms with van der Waals surface area (Å²) in [6.45, 7) is 1.61. The summed E-state index contributed by atoms with van der Waals surface area (Å²) in [7, 11) is 0. The Labute approximate surface area is 88.2 Å². The highest BCUT2D eigenvalue weighted by atomic mass is 16.4. The predicted molar refractivity (Wildman–Crippen MR) is 58.7 cm³/mol. The lowest BCUT2D eigenvalue weighted by Crippen LogP contribution is -2.10. The van der Waals surface area contributed by atoms with Crippen molar-refractivity contribution in [2.45, 2.75) is 13.5 Å². The molecule has 1 aromatic rings. The Morgan fingerprint density at radius 1 is 1.40 bits per heavy atom. The van der Waals surface area contributed by atoms with Crippen LogP contribution in [-0.4, -0.2) is 16.9 Å². The molecule has 15 heavy (non-hydrogen) atoms. The Kier molecular flexibility index (Phi) is 5.73. The van der Waals surface area contributed by atoms with Gasteiger partial charge in [-0.05, 0) is 5.56 Å². The van der Waals surface area contributed by atoms with Crippen molar-refractivity contribution in [3.8, 4) is 0 Å². The first-order chi connectivity index (χ1) is 6.97. The first kappa shape index (κ1) is 13.1. The van der Waals surface area contributed by atoms with Crippen LogP contribution in [0.4, 0.5) is 0 Å². The maximum atomic E-state index is 9.00. The van der Waals surface area contributed by atoms with E-state index in [2.05, 4.69) is 0 Å². The summed E-state index contributed by atoms with van der Waals surface area (Å²) in [6.07, 6.45) is 0. The minimum Gasteiger partial charge on any atom is -0.481 e. The van der Waals surface area contributed by atoms with Gasteiger partial charge in [-0.25, -0.2) is 0 Å². The molecule has 0 spiro atoms. The molecule has 0 unspecified atom stereocenters. The van der Waals surface area contributed by atoms with Gasteiger partial charge in [0.05, 0.1) is 0 Å². The molecule has 0 aliphatic heterocycles. The number of hydrogen-bond acceptors (Lipinski definition) is 3. The minimum absolute atomic E-state index is 0.0913. The molecule has 0 aliphatic rings. The average Bonchev–Trinajstić information content (AvgIpc) is 2.17. The largest absolute Gasteiger partial charge is 0.481 e. The van der Waals surface area contributed by atoms with E-state index in [4.69, 9.17) is 26.8 Å². The third kappa shape index (κ3) is 6.23. The van der Waals surface area contributed by atoms with Crippen LogP contribution >= 0.6 is 0 Å². The van der Waals surface area contributed by atoms with Crippen molar-refractivity contribution < 1.29 is 9.90 Å². The Morgan fingerprint density at radius 2 is 1.80 bits per heavy atom. The number of carbonyl (C=O) groups is 1. The normalized spacial score (nSPS) is 8.67. The number of rotatable bonds is 2. The maximum Gasteiger partial charge on any atom is 0.300 e. The second-order valence-corrected chi connectivity index (χ2v) is 2.83. The number of amidine groups is 1. The van der Waals surface area contributed by atoms with Gasteiger partial charge in [0.1, 0.15) is 5.84 Å². The molecule has 0 heterocycles. The molecule has 0 fully saturated rings. The van der Waals surface area contributed by atoms with Gasteiger partial charge in [0, 0.05) is 19.0 Å². The molecule has 6 N–H and O–H groups in total. The molecule has 0 aromatic heterocycles. The van der Waals surface area contributed by atoms with Crippen LogP contribution in [0.2, 0.25) is 0 Å². The number of nitrogens with two attached hydrogens (primary N) is 2.